The van der Waals surface area contributed by atoms with Gasteiger partial charge in [-0.1, -0.05) is 6.07 Å². The Morgan fingerprint density at radius 2 is 2.11 bits per heavy atom. The van der Waals surface area contributed by atoms with Crippen LogP contribution in [-0.4, -0.2) is 37.1 Å². The number of urea groups is 1. The first-order valence-electron chi connectivity index (χ1n) is 6.25. The molecule has 1 heterocycles. The molecule has 4 N–H and O–H groups in total. The van der Waals surface area contributed by atoms with E-state index in [-0.39, 0.29) is 12.1 Å². The van der Waals surface area contributed by atoms with Gasteiger partial charge in [-0.2, -0.15) is 0 Å². The first kappa shape index (κ1) is 12.7. The van der Waals surface area contributed by atoms with Crippen molar-refractivity contribution in [3.8, 4) is 0 Å². The SMILES string of the molecule is CN1CCC(NC(=O)Nc2cccc(N)c2)CC1. The van der Waals surface area contributed by atoms with Gasteiger partial charge in [0, 0.05) is 17.4 Å². The summed E-state index contributed by atoms with van der Waals surface area (Å²) in [6.45, 7) is 2.06. The largest absolute Gasteiger partial charge is 0.399 e. The maximum atomic E-state index is 11.8. The summed E-state index contributed by atoms with van der Waals surface area (Å²) in [5.41, 5.74) is 7.02. The second-order valence-corrected chi connectivity index (χ2v) is 4.80. The summed E-state index contributed by atoms with van der Waals surface area (Å²) in [6, 6.07) is 7.29. The molecule has 1 saturated heterocycles. The lowest BCUT2D eigenvalue weighted by Gasteiger charge is -2.29. The maximum absolute atomic E-state index is 11.8. The third kappa shape index (κ3) is 3.63. The summed E-state index contributed by atoms with van der Waals surface area (Å²) in [6.07, 6.45) is 2.00. The minimum atomic E-state index is -0.157. The van der Waals surface area contributed by atoms with E-state index >= 15 is 0 Å². The third-order valence-electron chi connectivity index (χ3n) is 3.20. The molecule has 1 aromatic rings. The van der Waals surface area contributed by atoms with Crippen molar-refractivity contribution in [3.05, 3.63) is 24.3 Å². The van der Waals surface area contributed by atoms with Gasteiger partial charge in [0.1, 0.15) is 0 Å². The van der Waals surface area contributed by atoms with Crippen molar-refractivity contribution in [1.29, 1.82) is 0 Å². The normalized spacial score (nSPS) is 17.4. The van der Waals surface area contributed by atoms with Gasteiger partial charge in [0.2, 0.25) is 0 Å². The van der Waals surface area contributed by atoms with Gasteiger partial charge in [0.05, 0.1) is 0 Å². The maximum Gasteiger partial charge on any atom is 0.319 e. The van der Waals surface area contributed by atoms with Crippen LogP contribution >= 0.6 is 0 Å². The lowest BCUT2D eigenvalue weighted by atomic mass is 10.1. The lowest BCUT2D eigenvalue weighted by molar-refractivity contribution is 0.221. The fourth-order valence-corrected chi connectivity index (χ4v) is 2.12. The van der Waals surface area contributed by atoms with Crippen LogP contribution in [0.3, 0.4) is 0 Å². The van der Waals surface area contributed by atoms with Gasteiger partial charge >= 0.3 is 6.03 Å². The monoisotopic (exact) mass is 248 g/mol. The van der Waals surface area contributed by atoms with Gasteiger partial charge in [0.15, 0.2) is 0 Å². The molecule has 0 aromatic heterocycles. The number of likely N-dealkylation sites (tertiary alicyclic amines) is 1. The minimum Gasteiger partial charge on any atom is -0.399 e. The topological polar surface area (TPSA) is 70.4 Å². The van der Waals surface area contributed by atoms with E-state index in [0.717, 1.165) is 31.6 Å². The van der Waals surface area contributed by atoms with Crippen LogP contribution in [0.5, 0.6) is 0 Å². The standard InChI is InChI=1S/C13H20N4O/c1-17-7-5-11(6-8-17)15-13(18)16-12-4-2-3-10(14)9-12/h2-4,9,11H,5-8,14H2,1H3,(H2,15,16,18). The minimum absolute atomic E-state index is 0.157. The van der Waals surface area contributed by atoms with E-state index in [1.165, 1.54) is 0 Å². The van der Waals surface area contributed by atoms with Gasteiger partial charge in [-0.05, 0) is 51.2 Å². The molecule has 2 rings (SSSR count). The summed E-state index contributed by atoms with van der Waals surface area (Å²) in [5, 5.41) is 5.79. The number of nitrogens with two attached hydrogens (primary N) is 1. The molecule has 1 fully saturated rings. The Labute approximate surface area is 107 Å². The molecule has 1 aromatic carbocycles. The van der Waals surface area contributed by atoms with Crippen LogP contribution in [0.25, 0.3) is 0 Å². The molecular weight excluding hydrogens is 228 g/mol. The molecule has 5 heteroatoms. The molecule has 5 nitrogen and oxygen atoms in total. The molecule has 0 spiro atoms. The first-order chi connectivity index (χ1) is 8.63. The highest BCUT2D eigenvalue weighted by molar-refractivity contribution is 5.89. The van der Waals surface area contributed by atoms with E-state index < -0.39 is 0 Å². The number of anilines is 2. The van der Waals surface area contributed by atoms with Crippen LogP contribution in [0.4, 0.5) is 16.2 Å². The van der Waals surface area contributed by atoms with Crippen LogP contribution in [0.2, 0.25) is 0 Å². The van der Waals surface area contributed by atoms with Crippen molar-refractivity contribution in [2.24, 2.45) is 0 Å². The summed E-state index contributed by atoms with van der Waals surface area (Å²) < 4.78 is 0. The number of benzene rings is 1. The molecular formula is C13H20N4O. The zero-order valence-electron chi connectivity index (χ0n) is 10.6. The highest BCUT2D eigenvalue weighted by Crippen LogP contribution is 2.12. The summed E-state index contributed by atoms with van der Waals surface area (Å²) in [7, 11) is 2.10. The smallest absolute Gasteiger partial charge is 0.319 e. The number of rotatable bonds is 2. The van der Waals surface area contributed by atoms with Crippen LogP contribution in [0, 0.1) is 0 Å². The Balaban J connectivity index is 1.82. The van der Waals surface area contributed by atoms with Gasteiger partial charge in [-0.25, -0.2) is 4.79 Å². The van der Waals surface area contributed by atoms with Crippen LogP contribution < -0.4 is 16.4 Å². The number of nitrogen functional groups attached to an aromatic ring is 1. The quantitative estimate of drug-likeness (QED) is 0.694. The van der Waals surface area contributed by atoms with Crippen LogP contribution in [0.15, 0.2) is 24.3 Å². The van der Waals surface area contributed by atoms with Crippen LogP contribution in [-0.2, 0) is 0 Å². The van der Waals surface area contributed by atoms with Crippen molar-refractivity contribution >= 4 is 17.4 Å². The fourth-order valence-electron chi connectivity index (χ4n) is 2.12. The number of nitrogens with zero attached hydrogens (tertiary/aromatic N) is 1. The number of nitrogens with one attached hydrogen (secondary N) is 2. The van der Waals surface area contributed by atoms with Crippen molar-refractivity contribution < 1.29 is 4.79 Å². The molecule has 0 bridgehead atoms. The Kier molecular flexibility index (Phi) is 4.04. The molecule has 2 amide bonds. The van der Waals surface area contributed by atoms with E-state index in [2.05, 4.69) is 22.6 Å². The highest BCUT2D eigenvalue weighted by atomic mass is 16.2. The van der Waals surface area contributed by atoms with E-state index in [1.807, 2.05) is 12.1 Å². The van der Waals surface area contributed by atoms with E-state index in [0.29, 0.717) is 5.69 Å². The van der Waals surface area contributed by atoms with Gasteiger partial charge in [-0.15, -0.1) is 0 Å². The second-order valence-electron chi connectivity index (χ2n) is 4.80. The predicted molar refractivity (Wildman–Crippen MR) is 73.5 cm³/mol. The van der Waals surface area contributed by atoms with E-state index in [4.69, 9.17) is 5.73 Å². The molecule has 0 unspecified atom stereocenters. The summed E-state index contributed by atoms with van der Waals surface area (Å²) in [4.78, 5) is 14.1. The number of piperidine rings is 1. The van der Waals surface area contributed by atoms with E-state index in [1.54, 1.807) is 12.1 Å². The van der Waals surface area contributed by atoms with Crippen molar-refractivity contribution in [1.82, 2.24) is 10.2 Å². The number of amides is 2. The Bertz CT molecular complexity index is 413. The zero-order chi connectivity index (χ0) is 13.0. The lowest BCUT2D eigenvalue weighted by Crippen LogP contribution is -2.44. The molecule has 1 aliphatic heterocycles. The fraction of sp³-hybridized carbons (Fsp3) is 0.462. The first-order valence-corrected chi connectivity index (χ1v) is 6.25. The number of carbonyl (C=O) groups excluding carboxylic acids is 1. The third-order valence-corrected chi connectivity index (χ3v) is 3.20. The highest BCUT2D eigenvalue weighted by Gasteiger charge is 2.18. The Hall–Kier alpha value is -1.75. The summed E-state index contributed by atoms with van der Waals surface area (Å²) in [5.74, 6) is 0. The van der Waals surface area contributed by atoms with E-state index in [9.17, 15) is 4.79 Å². The Morgan fingerprint density at radius 3 is 2.78 bits per heavy atom. The molecule has 1 aliphatic rings. The molecule has 0 aliphatic carbocycles. The van der Waals surface area contributed by atoms with Crippen molar-refractivity contribution in [2.75, 3.05) is 31.2 Å². The molecule has 0 atom stereocenters. The average molecular weight is 248 g/mol. The summed E-state index contributed by atoms with van der Waals surface area (Å²) >= 11 is 0. The zero-order valence-corrected chi connectivity index (χ0v) is 10.6. The van der Waals surface area contributed by atoms with Crippen molar-refractivity contribution in [3.63, 3.8) is 0 Å². The number of hydrogen-bond acceptors (Lipinski definition) is 3. The van der Waals surface area contributed by atoms with Gasteiger partial charge < -0.3 is 21.3 Å². The number of carbonyl (C=O) groups is 1. The van der Waals surface area contributed by atoms with Crippen LogP contribution in [0.1, 0.15) is 12.8 Å². The van der Waals surface area contributed by atoms with Gasteiger partial charge in [-0.3, -0.25) is 0 Å². The van der Waals surface area contributed by atoms with Crippen molar-refractivity contribution in [2.45, 2.75) is 18.9 Å². The predicted octanol–water partition coefficient (Wildman–Crippen LogP) is 1.48. The molecule has 0 saturated carbocycles. The average Bonchev–Trinajstić information content (AvgIpc) is 2.32. The molecule has 18 heavy (non-hydrogen) atoms. The van der Waals surface area contributed by atoms with Gasteiger partial charge in [0.25, 0.3) is 0 Å². The Morgan fingerprint density at radius 1 is 1.39 bits per heavy atom. The molecule has 98 valence electrons. The molecule has 0 radical (unpaired) electrons. The second kappa shape index (κ2) is 5.73. The number of hydrogen-bond donors (Lipinski definition) is 3.